The van der Waals surface area contributed by atoms with Crippen LogP contribution in [0.15, 0.2) is 36.7 Å². The van der Waals surface area contributed by atoms with Crippen molar-refractivity contribution in [1.29, 1.82) is 0 Å². The number of likely N-dealkylation sites (tertiary alicyclic amines) is 1. The molecule has 0 aliphatic carbocycles. The Morgan fingerprint density at radius 2 is 2.04 bits per heavy atom. The Kier molecular flexibility index (Phi) is 5.31. The van der Waals surface area contributed by atoms with Gasteiger partial charge in [-0.3, -0.25) is 0 Å². The summed E-state index contributed by atoms with van der Waals surface area (Å²) >= 11 is 0. The first kappa shape index (κ1) is 19.2. The minimum atomic E-state index is -4.32. The van der Waals surface area contributed by atoms with Gasteiger partial charge in [0, 0.05) is 19.1 Å². The monoisotopic (exact) mass is 393 g/mol. The van der Waals surface area contributed by atoms with Crippen LogP contribution in [-0.2, 0) is 0 Å². The molecule has 1 fully saturated rings. The standard InChI is InChI=1S/C20H26F3N5/c1-14(15-6-3-2-4-7-15)11-27-9-5-8-16(12-27)17-10-18(20(21,22)23)28-19(26-17)24-13-25-28/h2-4,6-7,13-14,16-18H,5,8-12H2,1H3,(H,24,25,26)/t14?,16?,17-,18+/m0/s1. The quantitative estimate of drug-likeness (QED) is 0.850. The Bertz CT molecular complexity index is 776. The maximum Gasteiger partial charge on any atom is 0.411 e. The van der Waals surface area contributed by atoms with E-state index in [-0.39, 0.29) is 24.3 Å². The molecule has 1 aromatic carbocycles. The zero-order valence-corrected chi connectivity index (χ0v) is 15.9. The van der Waals surface area contributed by atoms with Gasteiger partial charge in [0.25, 0.3) is 0 Å². The van der Waals surface area contributed by atoms with Crippen LogP contribution in [-0.4, -0.2) is 51.5 Å². The summed E-state index contributed by atoms with van der Waals surface area (Å²) < 4.78 is 41.6. The number of alkyl halides is 3. The van der Waals surface area contributed by atoms with Crippen LogP contribution in [0, 0.1) is 5.92 Å². The highest BCUT2D eigenvalue weighted by Crippen LogP contribution is 2.41. The summed E-state index contributed by atoms with van der Waals surface area (Å²) in [7, 11) is 0. The van der Waals surface area contributed by atoms with Crippen LogP contribution in [0.1, 0.15) is 43.7 Å². The molecule has 4 atom stereocenters. The van der Waals surface area contributed by atoms with Gasteiger partial charge in [-0.25, -0.2) is 4.68 Å². The molecule has 0 saturated carbocycles. The molecule has 0 amide bonds. The highest BCUT2D eigenvalue weighted by Gasteiger charge is 2.48. The summed E-state index contributed by atoms with van der Waals surface area (Å²) in [5.41, 5.74) is 1.30. The van der Waals surface area contributed by atoms with Crippen molar-refractivity contribution in [3.05, 3.63) is 42.2 Å². The van der Waals surface area contributed by atoms with E-state index in [1.54, 1.807) is 0 Å². The third-order valence-corrected chi connectivity index (χ3v) is 6.05. The molecule has 0 spiro atoms. The zero-order valence-electron chi connectivity index (χ0n) is 15.9. The molecule has 0 radical (unpaired) electrons. The molecule has 152 valence electrons. The van der Waals surface area contributed by atoms with Crippen LogP contribution >= 0.6 is 0 Å². The van der Waals surface area contributed by atoms with Crippen molar-refractivity contribution in [2.45, 2.75) is 50.4 Å². The molecule has 3 heterocycles. The summed E-state index contributed by atoms with van der Waals surface area (Å²) in [6.45, 7) is 4.94. The number of piperidine rings is 1. The van der Waals surface area contributed by atoms with Gasteiger partial charge in [0.05, 0.1) is 0 Å². The van der Waals surface area contributed by atoms with E-state index in [9.17, 15) is 13.2 Å². The first-order valence-corrected chi connectivity index (χ1v) is 9.92. The lowest BCUT2D eigenvalue weighted by Gasteiger charge is -2.41. The number of aromatic nitrogens is 3. The van der Waals surface area contributed by atoms with Crippen LogP contribution < -0.4 is 5.32 Å². The minimum Gasteiger partial charge on any atom is -0.351 e. The van der Waals surface area contributed by atoms with Crippen LogP contribution in [0.4, 0.5) is 19.1 Å². The van der Waals surface area contributed by atoms with E-state index < -0.39 is 12.2 Å². The van der Waals surface area contributed by atoms with Gasteiger partial charge in [0.1, 0.15) is 6.33 Å². The van der Waals surface area contributed by atoms with E-state index in [1.165, 1.54) is 11.9 Å². The van der Waals surface area contributed by atoms with Crippen molar-refractivity contribution >= 4 is 5.95 Å². The topological polar surface area (TPSA) is 46.0 Å². The van der Waals surface area contributed by atoms with Gasteiger partial charge in [-0.2, -0.15) is 23.3 Å². The molecular formula is C20H26F3N5. The van der Waals surface area contributed by atoms with Crippen LogP contribution in [0.2, 0.25) is 0 Å². The number of anilines is 1. The highest BCUT2D eigenvalue weighted by atomic mass is 19.4. The van der Waals surface area contributed by atoms with Crippen molar-refractivity contribution in [2.75, 3.05) is 25.0 Å². The second-order valence-corrected chi connectivity index (χ2v) is 8.05. The van der Waals surface area contributed by atoms with Gasteiger partial charge < -0.3 is 10.2 Å². The molecule has 2 aliphatic rings. The molecule has 2 unspecified atom stereocenters. The fraction of sp³-hybridized carbons (Fsp3) is 0.600. The largest absolute Gasteiger partial charge is 0.411 e. The lowest BCUT2D eigenvalue weighted by molar-refractivity contribution is -0.174. The maximum absolute atomic E-state index is 13.5. The molecular weight excluding hydrogens is 367 g/mol. The van der Waals surface area contributed by atoms with Crippen LogP contribution in [0.3, 0.4) is 0 Å². The van der Waals surface area contributed by atoms with E-state index in [0.717, 1.165) is 37.2 Å². The molecule has 2 aliphatic heterocycles. The summed E-state index contributed by atoms with van der Waals surface area (Å²) in [4.78, 5) is 6.40. The first-order chi connectivity index (χ1) is 13.4. The Hall–Kier alpha value is -2.09. The Labute approximate surface area is 162 Å². The average molecular weight is 393 g/mol. The van der Waals surface area contributed by atoms with Gasteiger partial charge in [-0.05, 0) is 43.2 Å². The number of nitrogens with one attached hydrogen (secondary N) is 1. The minimum absolute atomic E-state index is 0.00655. The van der Waals surface area contributed by atoms with Crippen molar-refractivity contribution in [1.82, 2.24) is 19.7 Å². The number of fused-ring (bicyclic) bond motifs is 1. The molecule has 1 saturated heterocycles. The van der Waals surface area contributed by atoms with Gasteiger partial charge >= 0.3 is 6.18 Å². The molecule has 28 heavy (non-hydrogen) atoms. The fourth-order valence-corrected chi connectivity index (χ4v) is 4.59. The first-order valence-electron chi connectivity index (χ1n) is 9.92. The number of hydrogen-bond acceptors (Lipinski definition) is 4. The molecule has 8 heteroatoms. The predicted molar refractivity (Wildman–Crippen MR) is 101 cm³/mol. The highest BCUT2D eigenvalue weighted by molar-refractivity contribution is 5.30. The van der Waals surface area contributed by atoms with Crippen LogP contribution in [0.25, 0.3) is 0 Å². The number of halogens is 3. The Morgan fingerprint density at radius 3 is 2.79 bits per heavy atom. The lowest BCUT2D eigenvalue weighted by Crippen LogP contribution is -2.48. The average Bonchev–Trinajstić information content (AvgIpc) is 3.16. The zero-order chi connectivity index (χ0) is 19.7. The van der Waals surface area contributed by atoms with Crippen molar-refractivity contribution in [3.63, 3.8) is 0 Å². The molecule has 1 N–H and O–H groups in total. The smallest absolute Gasteiger partial charge is 0.351 e. The third kappa shape index (κ3) is 4.01. The number of benzene rings is 1. The van der Waals surface area contributed by atoms with E-state index in [0.29, 0.717) is 5.92 Å². The Balaban J connectivity index is 1.43. The molecule has 1 aromatic heterocycles. The fourth-order valence-electron chi connectivity index (χ4n) is 4.59. The predicted octanol–water partition coefficient (Wildman–Crippen LogP) is 4.08. The van der Waals surface area contributed by atoms with E-state index >= 15 is 0 Å². The maximum atomic E-state index is 13.5. The van der Waals surface area contributed by atoms with Gasteiger partial charge in [-0.15, -0.1) is 0 Å². The molecule has 0 bridgehead atoms. The van der Waals surface area contributed by atoms with E-state index in [2.05, 4.69) is 39.4 Å². The lowest BCUT2D eigenvalue weighted by atomic mass is 9.85. The number of hydrogen-bond donors (Lipinski definition) is 1. The van der Waals surface area contributed by atoms with E-state index in [4.69, 9.17) is 0 Å². The Morgan fingerprint density at radius 1 is 1.25 bits per heavy atom. The second-order valence-electron chi connectivity index (χ2n) is 8.05. The van der Waals surface area contributed by atoms with Crippen LogP contribution in [0.5, 0.6) is 0 Å². The van der Waals surface area contributed by atoms with Gasteiger partial charge in [0.15, 0.2) is 6.04 Å². The van der Waals surface area contributed by atoms with Gasteiger partial charge in [0.2, 0.25) is 5.95 Å². The normalized spacial score (nSPS) is 27.1. The third-order valence-electron chi connectivity index (χ3n) is 6.05. The second kappa shape index (κ2) is 7.73. The van der Waals surface area contributed by atoms with Crippen molar-refractivity contribution < 1.29 is 13.2 Å². The number of nitrogens with zero attached hydrogens (tertiary/aromatic N) is 4. The molecule has 5 nitrogen and oxygen atoms in total. The summed E-state index contributed by atoms with van der Waals surface area (Å²) in [5.74, 6) is 0.797. The number of rotatable bonds is 4. The van der Waals surface area contributed by atoms with E-state index in [1.807, 2.05) is 18.2 Å². The SMILES string of the molecule is CC(CN1CCCC([C@@H]2C[C@H](C(F)(F)F)n3ncnc3N2)C1)c1ccccc1. The molecule has 2 aromatic rings. The van der Waals surface area contributed by atoms with Gasteiger partial charge in [-0.1, -0.05) is 37.3 Å². The van der Waals surface area contributed by atoms with Crippen molar-refractivity contribution in [3.8, 4) is 0 Å². The summed E-state index contributed by atoms with van der Waals surface area (Å²) in [6.07, 6.45) is -1.18. The van der Waals surface area contributed by atoms with Crippen molar-refractivity contribution in [2.24, 2.45) is 5.92 Å². The molecule has 4 rings (SSSR count). The summed E-state index contributed by atoms with van der Waals surface area (Å²) in [5, 5.41) is 7.00. The summed E-state index contributed by atoms with van der Waals surface area (Å²) in [6, 6.07) is 8.53.